The van der Waals surface area contributed by atoms with E-state index in [-0.39, 0.29) is 5.82 Å². The van der Waals surface area contributed by atoms with Gasteiger partial charge in [-0.3, -0.25) is 4.68 Å². The molecule has 0 aliphatic heterocycles. The van der Waals surface area contributed by atoms with Crippen LogP contribution < -0.4 is 4.74 Å². The molecule has 0 aliphatic rings. The standard InChI is InChI=1S/C14H15BrClFN2O/c1-3-11-14(16)12(19(2)18-11)8-20-13-5-4-10(17)6-9(13)7-15/h4-6H,3,7-8H2,1-2H3. The molecular weight excluding hydrogens is 347 g/mol. The molecule has 0 radical (unpaired) electrons. The summed E-state index contributed by atoms with van der Waals surface area (Å²) in [6.07, 6.45) is 0.774. The van der Waals surface area contributed by atoms with Gasteiger partial charge in [0.1, 0.15) is 18.2 Å². The average Bonchev–Trinajstić information content (AvgIpc) is 2.72. The van der Waals surface area contributed by atoms with E-state index in [1.54, 1.807) is 10.7 Å². The van der Waals surface area contributed by atoms with Gasteiger partial charge in [0.25, 0.3) is 0 Å². The molecule has 0 atom stereocenters. The normalized spacial score (nSPS) is 10.8. The summed E-state index contributed by atoms with van der Waals surface area (Å²) in [5.41, 5.74) is 2.43. The molecule has 0 fully saturated rings. The molecule has 108 valence electrons. The van der Waals surface area contributed by atoms with E-state index >= 15 is 0 Å². The Hall–Kier alpha value is -1.07. The van der Waals surface area contributed by atoms with E-state index in [0.29, 0.717) is 22.7 Å². The fourth-order valence-corrected chi connectivity index (χ4v) is 2.70. The highest BCUT2D eigenvalue weighted by Gasteiger charge is 2.14. The molecule has 2 rings (SSSR count). The Labute approximate surface area is 130 Å². The minimum Gasteiger partial charge on any atom is -0.487 e. The number of benzene rings is 1. The summed E-state index contributed by atoms with van der Waals surface area (Å²) in [6.45, 7) is 2.30. The van der Waals surface area contributed by atoms with Crippen LogP contribution in [-0.4, -0.2) is 9.78 Å². The number of nitrogens with zero attached hydrogens (tertiary/aromatic N) is 2. The third-order valence-corrected chi connectivity index (χ3v) is 4.07. The van der Waals surface area contributed by atoms with Gasteiger partial charge in [0.05, 0.1) is 16.4 Å². The first-order valence-electron chi connectivity index (χ1n) is 6.24. The van der Waals surface area contributed by atoms with Crippen LogP contribution in [0.5, 0.6) is 5.75 Å². The molecule has 1 aromatic heterocycles. The number of alkyl halides is 1. The van der Waals surface area contributed by atoms with Crippen LogP contribution in [-0.2, 0) is 25.4 Å². The van der Waals surface area contributed by atoms with Crippen molar-refractivity contribution in [3.05, 3.63) is 46.0 Å². The maximum atomic E-state index is 13.2. The van der Waals surface area contributed by atoms with Gasteiger partial charge in [-0.2, -0.15) is 5.10 Å². The summed E-state index contributed by atoms with van der Waals surface area (Å²) in [4.78, 5) is 0. The van der Waals surface area contributed by atoms with Crippen molar-refractivity contribution in [1.82, 2.24) is 9.78 Å². The third-order valence-electron chi connectivity index (χ3n) is 3.03. The van der Waals surface area contributed by atoms with E-state index in [0.717, 1.165) is 23.4 Å². The van der Waals surface area contributed by atoms with Gasteiger partial charge in [0, 0.05) is 17.9 Å². The van der Waals surface area contributed by atoms with Crippen molar-refractivity contribution < 1.29 is 9.13 Å². The second-order valence-electron chi connectivity index (χ2n) is 4.36. The van der Waals surface area contributed by atoms with Crippen molar-refractivity contribution in [2.45, 2.75) is 25.3 Å². The summed E-state index contributed by atoms with van der Waals surface area (Å²) in [7, 11) is 1.83. The summed E-state index contributed by atoms with van der Waals surface area (Å²) in [6, 6.07) is 4.45. The first kappa shape index (κ1) is 15.3. The molecule has 0 saturated heterocycles. The molecule has 0 bridgehead atoms. The minimum absolute atomic E-state index is 0.279. The Morgan fingerprint density at radius 2 is 2.20 bits per heavy atom. The second-order valence-corrected chi connectivity index (χ2v) is 5.30. The molecule has 0 aliphatic carbocycles. The van der Waals surface area contributed by atoms with Crippen LogP contribution in [0.1, 0.15) is 23.9 Å². The van der Waals surface area contributed by atoms with Crippen LogP contribution in [0.3, 0.4) is 0 Å². The lowest BCUT2D eigenvalue weighted by atomic mass is 10.2. The molecule has 20 heavy (non-hydrogen) atoms. The molecule has 0 amide bonds. The molecule has 0 unspecified atom stereocenters. The zero-order valence-electron chi connectivity index (χ0n) is 11.3. The van der Waals surface area contributed by atoms with E-state index < -0.39 is 0 Å². The monoisotopic (exact) mass is 360 g/mol. The summed E-state index contributed by atoms with van der Waals surface area (Å²) in [5, 5.41) is 5.50. The fourth-order valence-electron chi connectivity index (χ4n) is 1.92. The van der Waals surface area contributed by atoms with Crippen LogP contribution in [0.25, 0.3) is 0 Å². The summed E-state index contributed by atoms with van der Waals surface area (Å²) >= 11 is 9.58. The molecule has 1 aromatic carbocycles. The van der Waals surface area contributed by atoms with Crippen molar-refractivity contribution in [3.8, 4) is 5.75 Å². The SMILES string of the molecule is CCc1nn(C)c(COc2ccc(F)cc2CBr)c1Cl. The zero-order valence-corrected chi connectivity index (χ0v) is 13.6. The van der Waals surface area contributed by atoms with Gasteiger partial charge >= 0.3 is 0 Å². The lowest BCUT2D eigenvalue weighted by Crippen LogP contribution is -2.04. The number of hydrogen-bond acceptors (Lipinski definition) is 2. The van der Waals surface area contributed by atoms with Crippen LogP contribution >= 0.6 is 27.5 Å². The van der Waals surface area contributed by atoms with Gasteiger partial charge in [-0.1, -0.05) is 34.5 Å². The first-order chi connectivity index (χ1) is 9.56. The van der Waals surface area contributed by atoms with Crippen molar-refractivity contribution in [2.24, 2.45) is 7.05 Å². The molecular formula is C14H15BrClFN2O. The third kappa shape index (κ3) is 3.15. The second kappa shape index (κ2) is 6.59. The molecule has 2 aromatic rings. The molecule has 0 spiro atoms. The smallest absolute Gasteiger partial charge is 0.131 e. The van der Waals surface area contributed by atoms with Gasteiger partial charge in [-0.15, -0.1) is 0 Å². The predicted molar refractivity (Wildman–Crippen MR) is 81.0 cm³/mol. The van der Waals surface area contributed by atoms with Crippen LogP contribution in [0, 0.1) is 5.82 Å². The Kier molecular flexibility index (Phi) is 5.05. The maximum Gasteiger partial charge on any atom is 0.131 e. The van der Waals surface area contributed by atoms with Crippen molar-refractivity contribution in [3.63, 3.8) is 0 Å². The fraction of sp³-hybridized carbons (Fsp3) is 0.357. The van der Waals surface area contributed by atoms with Crippen LogP contribution in [0.4, 0.5) is 4.39 Å². The van der Waals surface area contributed by atoms with E-state index in [9.17, 15) is 4.39 Å². The average molecular weight is 362 g/mol. The number of rotatable bonds is 5. The highest BCUT2D eigenvalue weighted by Crippen LogP contribution is 2.26. The van der Waals surface area contributed by atoms with Crippen molar-refractivity contribution in [2.75, 3.05) is 0 Å². The highest BCUT2D eigenvalue weighted by molar-refractivity contribution is 9.08. The van der Waals surface area contributed by atoms with Gasteiger partial charge in [0.2, 0.25) is 0 Å². The number of aryl methyl sites for hydroxylation is 2. The summed E-state index contributed by atoms with van der Waals surface area (Å²) in [5.74, 6) is 0.359. The predicted octanol–water partition coefficient (Wildman–Crippen LogP) is 4.25. The van der Waals surface area contributed by atoms with E-state index in [1.165, 1.54) is 12.1 Å². The van der Waals surface area contributed by atoms with Gasteiger partial charge in [-0.05, 0) is 24.6 Å². The van der Waals surface area contributed by atoms with E-state index in [4.69, 9.17) is 16.3 Å². The largest absolute Gasteiger partial charge is 0.487 e. The topological polar surface area (TPSA) is 27.1 Å². The lowest BCUT2D eigenvalue weighted by Gasteiger charge is -2.10. The van der Waals surface area contributed by atoms with E-state index in [2.05, 4.69) is 21.0 Å². The van der Waals surface area contributed by atoms with Gasteiger partial charge in [0.15, 0.2) is 0 Å². The quantitative estimate of drug-likeness (QED) is 0.745. The number of aromatic nitrogens is 2. The highest BCUT2D eigenvalue weighted by atomic mass is 79.9. The lowest BCUT2D eigenvalue weighted by molar-refractivity contribution is 0.292. The van der Waals surface area contributed by atoms with Gasteiger partial charge in [-0.25, -0.2) is 4.39 Å². The first-order valence-corrected chi connectivity index (χ1v) is 7.74. The van der Waals surface area contributed by atoms with Crippen molar-refractivity contribution >= 4 is 27.5 Å². The Morgan fingerprint density at radius 1 is 1.45 bits per heavy atom. The van der Waals surface area contributed by atoms with E-state index in [1.807, 2.05) is 14.0 Å². The number of ether oxygens (including phenoxy) is 1. The number of hydrogen-bond donors (Lipinski definition) is 0. The van der Waals surface area contributed by atoms with Crippen LogP contribution in [0.2, 0.25) is 5.02 Å². The minimum atomic E-state index is -0.279. The molecule has 0 N–H and O–H groups in total. The van der Waals surface area contributed by atoms with Crippen LogP contribution in [0.15, 0.2) is 18.2 Å². The Balaban J connectivity index is 2.19. The maximum absolute atomic E-state index is 13.2. The molecule has 0 saturated carbocycles. The van der Waals surface area contributed by atoms with Crippen molar-refractivity contribution in [1.29, 1.82) is 0 Å². The molecule has 3 nitrogen and oxygen atoms in total. The molecule has 1 heterocycles. The Morgan fingerprint density at radius 3 is 2.80 bits per heavy atom. The van der Waals surface area contributed by atoms with Gasteiger partial charge < -0.3 is 4.74 Å². The molecule has 6 heteroatoms. The Bertz CT molecular complexity index is 615. The number of halogens is 3. The summed E-state index contributed by atoms with van der Waals surface area (Å²) < 4.78 is 20.6. The zero-order chi connectivity index (χ0) is 14.7.